The Balaban J connectivity index is 1.57. The monoisotopic (exact) mass is 371 g/mol. The fourth-order valence-corrected chi connectivity index (χ4v) is 3.43. The normalized spacial score (nSPS) is 17.1. The van der Waals surface area contributed by atoms with Gasteiger partial charge in [0, 0.05) is 35.9 Å². The Bertz CT molecular complexity index is 1020. The third-order valence-corrected chi connectivity index (χ3v) is 4.92. The van der Waals surface area contributed by atoms with Crippen LogP contribution in [0.2, 0.25) is 0 Å². The van der Waals surface area contributed by atoms with Gasteiger partial charge in [0.25, 0.3) is 0 Å². The van der Waals surface area contributed by atoms with Gasteiger partial charge in [-0.15, -0.1) is 10.2 Å². The summed E-state index contributed by atoms with van der Waals surface area (Å²) in [4.78, 5) is 22.9. The topological polar surface area (TPSA) is 81.1 Å². The van der Waals surface area contributed by atoms with Gasteiger partial charge in [0.1, 0.15) is 10.0 Å². The molecule has 3 aromatic rings. The van der Waals surface area contributed by atoms with Crippen molar-refractivity contribution in [1.82, 2.24) is 25.1 Å². The largest absolute Gasteiger partial charge is 0.379 e. The average molecular weight is 371 g/mol. The maximum atomic E-state index is 12.6. The number of rotatable bonds is 5. The lowest BCUT2D eigenvalue weighted by molar-refractivity contribution is -0.120. The summed E-state index contributed by atoms with van der Waals surface area (Å²) in [5.41, 5.74) is 2.07. The number of hydrogen-bond donors (Lipinski definition) is 0. The molecule has 0 unspecified atom stereocenters. The van der Waals surface area contributed by atoms with E-state index in [-0.39, 0.29) is 6.42 Å². The van der Waals surface area contributed by atoms with Crippen molar-refractivity contribution >= 4 is 28.0 Å². The summed E-state index contributed by atoms with van der Waals surface area (Å²) in [6, 6.07) is 3.72. The van der Waals surface area contributed by atoms with Crippen LogP contribution in [0.1, 0.15) is 13.4 Å². The number of hydrogen-bond acceptors (Lipinski definition) is 8. The molecule has 0 saturated carbocycles. The number of ketones is 1. The number of carbonyl (C=O) groups excluding carboxylic acids is 1. The predicted octanol–water partition coefficient (Wildman–Crippen LogP) is 1.90. The van der Waals surface area contributed by atoms with Crippen molar-refractivity contribution in [1.29, 1.82) is 0 Å². The van der Waals surface area contributed by atoms with E-state index in [1.165, 1.54) is 16.2 Å². The molecule has 1 aliphatic heterocycles. The molecule has 0 spiro atoms. The summed E-state index contributed by atoms with van der Waals surface area (Å²) >= 11 is 1.49. The first-order valence-corrected chi connectivity index (χ1v) is 9.16. The molecule has 26 heavy (non-hydrogen) atoms. The third kappa shape index (κ3) is 3.92. The van der Waals surface area contributed by atoms with Crippen LogP contribution in [0.15, 0.2) is 24.5 Å². The Morgan fingerprint density at radius 1 is 1.27 bits per heavy atom. The van der Waals surface area contributed by atoms with Crippen molar-refractivity contribution in [3.63, 3.8) is 0 Å². The standard InChI is InChI=1S/C18H19N5O2S/c1-12-21-22-18(26-12)14-6-13-7-15(19-10-17(13)20-9-14)8-16(24)11-23-2-4-25-5-3-23/h6-7,9-10H,2-5,8,11H2,1H3/i11D2. The lowest BCUT2D eigenvalue weighted by Crippen LogP contribution is -2.39. The molecule has 0 radical (unpaired) electrons. The van der Waals surface area contributed by atoms with Crippen molar-refractivity contribution in [3.05, 3.63) is 35.2 Å². The number of pyridine rings is 2. The zero-order valence-electron chi connectivity index (χ0n) is 16.3. The van der Waals surface area contributed by atoms with Crippen LogP contribution >= 0.6 is 11.3 Å². The Labute approximate surface area is 157 Å². The fourth-order valence-electron chi connectivity index (χ4n) is 2.76. The van der Waals surface area contributed by atoms with Gasteiger partial charge in [-0.1, -0.05) is 11.3 Å². The van der Waals surface area contributed by atoms with Crippen LogP contribution in [0.25, 0.3) is 21.5 Å². The van der Waals surface area contributed by atoms with Crippen LogP contribution in [0.3, 0.4) is 0 Å². The van der Waals surface area contributed by atoms with Gasteiger partial charge < -0.3 is 4.74 Å². The maximum Gasteiger partial charge on any atom is 0.152 e. The smallest absolute Gasteiger partial charge is 0.152 e. The number of fused-ring (bicyclic) bond motifs is 1. The summed E-state index contributed by atoms with van der Waals surface area (Å²) in [6.45, 7) is 1.52. The van der Waals surface area contributed by atoms with Crippen LogP contribution in [0.4, 0.5) is 0 Å². The Morgan fingerprint density at radius 2 is 2.12 bits per heavy atom. The molecule has 0 bridgehead atoms. The summed E-state index contributed by atoms with van der Waals surface area (Å²) in [5, 5.41) is 10.7. The number of morpholine rings is 1. The third-order valence-electron chi connectivity index (χ3n) is 4.03. The number of aryl methyl sites for hydroxylation is 1. The van der Waals surface area contributed by atoms with Gasteiger partial charge in [0.15, 0.2) is 5.78 Å². The zero-order chi connectivity index (χ0) is 19.7. The van der Waals surface area contributed by atoms with E-state index >= 15 is 0 Å². The van der Waals surface area contributed by atoms with Gasteiger partial charge in [0.05, 0.1) is 40.6 Å². The van der Waals surface area contributed by atoms with Crippen molar-refractivity contribution in [2.75, 3.05) is 32.8 Å². The molecule has 0 N–H and O–H groups in total. The van der Waals surface area contributed by atoms with E-state index < -0.39 is 12.3 Å². The highest BCUT2D eigenvalue weighted by Gasteiger charge is 2.15. The molecule has 0 amide bonds. The molecular weight excluding hydrogens is 350 g/mol. The molecule has 1 saturated heterocycles. The second-order valence-electron chi connectivity index (χ2n) is 6.03. The molecule has 4 rings (SSSR count). The number of ether oxygens (including phenoxy) is 1. The van der Waals surface area contributed by atoms with Gasteiger partial charge in [-0.2, -0.15) is 0 Å². The highest BCUT2D eigenvalue weighted by molar-refractivity contribution is 7.14. The van der Waals surface area contributed by atoms with Crippen LogP contribution in [0.5, 0.6) is 0 Å². The molecule has 4 heterocycles. The van der Waals surface area contributed by atoms with Gasteiger partial charge >= 0.3 is 0 Å². The minimum atomic E-state index is -2.04. The molecular formula is C18H19N5O2S. The molecule has 0 aromatic carbocycles. The summed E-state index contributed by atoms with van der Waals surface area (Å²) in [7, 11) is 0. The molecule has 1 aliphatic rings. The van der Waals surface area contributed by atoms with E-state index in [1.807, 2.05) is 13.0 Å². The van der Waals surface area contributed by atoms with Crippen molar-refractivity contribution in [2.24, 2.45) is 0 Å². The van der Waals surface area contributed by atoms with Crippen molar-refractivity contribution < 1.29 is 12.3 Å². The number of nitrogens with zero attached hydrogens (tertiary/aromatic N) is 5. The maximum absolute atomic E-state index is 12.6. The van der Waals surface area contributed by atoms with E-state index in [2.05, 4.69) is 20.2 Å². The van der Waals surface area contributed by atoms with E-state index in [4.69, 9.17) is 7.48 Å². The molecule has 7 nitrogen and oxygen atoms in total. The molecule has 8 heteroatoms. The van der Waals surface area contributed by atoms with E-state index in [9.17, 15) is 4.79 Å². The van der Waals surface area contributed by atoms with Crippen molar-refractivity contribution in [3.8, 4) is 10.6 Å². The van der Waals surface area contributed by atoms with E-state index in [0.717, 1.165) is 21.0 Å². The molecule has 0 aliphatic carbocycles. The molecule has 0 atom stereocenters. The number of aromatic nitrogens is 4. The second kappa shape index (κ2) is 7.53. The fraction of sp³-hybridized carbons (Fsp3) is 0.389. The van der Waals surface area contributed by atoms with Crippen LogP contribution in [-0.4, -0.2) is 63.6 Å². The Morgan fingerprint density at radius 3 is 2.88 bits per heavy atom. The van der Waals surface area contributed by atoms with Gasteiger partial charge in [0.2, 0.25) is 0 Å². The minimum absolute atomic E-state index is 0.0809. The SMILES string of the molecule is [2H]C([2H])(C(=O)Cc1cc2cc(-c3nnc(C)s3)cnc2cn1)N1CCOCC1. The summed E-state index contributed by atoms with van der Waals surface area (Å²) < 4.78 is 21.7. The summed E-state index contributed by atoms with van der Waals surface area (Å²) in [6.07, 6.45) is 3.26. The first kappa shape index (κ1) is 14.8. The van der Waals surface area contributed by atoms with Crippen LogP contribution in [-0.2, 0) is 16.0 Å². The predicted molar refractivity (Wildman–Crippen MR) is 99.1 cm³/mol. The number of Topliss-reactive ketones (excluding diaryl/α,β-unsaturated/α-hetero) is 1. The minimum Gasteiger partial charge on any atom is -0.379 e. The second-order valence-corrected chi connectivity index (χ2v) is 7.21. The van der Waals surface area contributed by atoms with Gasteiger partial charge in [-0.05, 0) is 19.1 Å². The Hall–Kier alpha value is -2.29. The lowest BCUT2D eigenvalue weighted by Gasteiger charge is -2.25. The molecule has 1 fully saturated rings. The average Bonchev–Trinajstić information content (AvgIpc) is 3.14. The highest BCUT2D eigenvalue weighted by Crippen LogP contribution is 2.25. The molecule has 134 valence electrons. The number of carbonyl (C=O) groups is 1. The first-order valence-electron chi connectivity index (χ1n) is 9.35. The van der Waals surface area contributed by atoms with Gasteiger partial charge in [-0.3, -0.25) is 19.7 Å². The van der Waals surface area contributed by atoms with Gasteiger partial charge in [-0.25, -0.2) is 0 Å². The zero-order valence-corrected chi connectivity index (χ0v) is 15.1. The van der Waals surface area contributed by atoms with E-state index in [0.29, 0.717) is 37.5 Å². The van der Waals surface area contributed by atoms with Crippen LogP contribution in [0, 0.1) is 6.92 Å². The van der Waals surface area contributed by atoms with Crippen molar-refractivity contribution in [2.45, 2.75) is 13.3 Å². The van der Waals surface area contributed by atoms with E-state index in [1.54, 1.807) is 18.5 Å². The Kier molecular flexibility index (Phi) is 4.29. The lowest BCUT2D eigenvalue weighted by atomic mass is 10.1. The van der Waals surface area contributed by atoms with Crippen LogP contribution < -0.4 is 0 Å². The quantitative estimate of drug-likeness (QED) is 0.677. The molecule has 3 aromatic heterocycles. The first-order chi connectivity index (χ1) is 13.4. The highest BCUT2D eigenvalue weighted by atomic mass is 32.1. The summed E-state index contributed by atoms with van der Waals surface area (Å²) in [5.74, 6) is -0.509.